The van der Waals surface area contributed by atoms with E-state index in [0.717, 1.165) is 16.6 Å². The van der Waals surface area contributed by atoms with E-state index in [1.165, 1.54) is 19.3 Å². The van der Waals surface area contributed by atoms with Crippen molar-refractivity contribution >= 4 is 13.3 Å². The summed E-state index contributed by atoms with van der Waals surface area (Å²) in [7, 11) is -1.22. The van der Waals surface area contributed by atoms with Gasteiger partial charge in [0, 0.05) is 0 Å². The number of rotatable bonds is 1. The van der Waals surface area contributed by atoms with Crippen molar-refractivity contribution in [2.24, 2.45) is 0 Å². The topological polar surface area (TPSA) is 0 Å². The van der Waals surface area contributed by atoms with E-state index in [4.69, 9.17) is 0 Å². The lowest BCUT2D eigenvalue weighted by Crippen LogP contribution is -2.63. The largest absolute Gasteiger partial charge is 0.0958 e. The summed E-state index contributed by atoms with van der Waals surface area (Å²) in [5.41, 5.74) is 3.40. The Hall–Kier alpha value is -0.563. The Balaban J connectivity index is 1.86. The lowest BCUT2D eigenvalue weighted by Gasteiger charge is -2.58. The molecule has 3 heterocycles. The summed E-state index contributed by atoms with van der Waals surface area (Å²) in [6.07, 6.45) is 14.0. The molecule has 0 bridgehead atoms. The van der Waals surface area contributed by atoms with Crippen LogP contribution in [0.2, 0.25) is 16.6 Å². The second kappa shape index (κ2) is 4.77. The summed E-state index contributed by atoms with van der Waals surface area (Å²) in [6, 6.07) is 11.9. The predicted octanol–water partition coefficient (Wildman–Crippen LogP) is 5.00. The van der Waals surface area contributed by atoms with Crippen LogP contribution >= 0.6 is 0 Å². The van der Waals surface area contributed by atoms with Gasteiger partial charge in [0.05, 0.1) is 8.07 Å². The highest BCUT2D eigenvalue weighted by Crippen LogP contribution is 2.61. The lowest BCUT2D eigenvalue weighted by molar-refractivity contribution is 0.389. The molecule has 3 saturated heterocycles. The van der Waals surface area contributed by atoms with Gasteiger partial charge in [-0.1, -0.05) is 93.3 Å². The van der Waals surface area contributed by atoms with E-state index in [1.54, 1.807) is 38.5 Å². The zero-order valence-corrected chi connectivity index (χ0v) is 13.0. The third-order valence-corrected chi connectivity index (χ3v) is 13.7. The zero-order valence-electron chi connectivity index (χ0n) is 12.0. The summed E-state index contributed by atoms with van der Waals surface area (Å²) >= 11 is 0. The Morgan fingerprint density at radius 1 is 0.632 bits per heavy atom. The van der Waals surface area contributed by atoms with Gasteiger partial charge in [-0.2, -0.15) is 0 Å². The molecule has 0 aromatic heterocycles. The Bertz CT molecular complexity index is 390. The van der Waals surface area contributed by atoms with E-state index in [0.29, 0.717) is 0 Å². The van der Waals surface area contributed by atoms with E-state index in [2.05, 4.69) is 30.3 Å². The van der Waals surface area contributed by atoms with E-state index >= 15 is 0 Å². The van der Waals surface area contributed by atoms with Crippen LogP contribution < -0.4 is 5.19 Å². The zero-order chi connectivity index (χ0) is 12.7. The van der Waals surface area contributed by atoms with Crippen LogP contribution in [0.25, 0.3) is 0 Å². The van der Waals surface area contributed by atoms with Crippen LogP contribution in [0.5, 0.6) is 0 Å². The molecule has 1 aromatic rings. The third-order valence-electron chi connectivity index (χ3n) is 6.62. The summed E-state index contributed by atoms with van der Waals surface area (Å²) < 4.78 is 0. The molecule has 0 amide bonds. The van der Waals surface area contributed by atoms with Crippen molar-refractivity contribution in [3.8, 4) is 0 Å². The minimum absolute atomic E-state index is 1.13. The van der Waals surface area contributed by atoms with Gasteiger partial charge in [-0.05, 0) is 16.6 Å². The molecule has 102 valence electrons. The second-order valence-corrected chi connectivity index (χ2v) is 12.1. The van der Waals surface area contributed by atoms with E-state index in [1.807, 2.05) is 5.19 Å². The van der Waals surface area contributed by atoms with Crippen LogP contribution in [-0.4, -0.2) is 8.07 Å². The van der Waals surface area contributed by atoms with Crippen LogP contribution in [0.4, 0.5) is 0 Å². The molecule has 1 heteroatoms. The summed E-state index contributed by atoms with van der Waals surface area (Å²) in [6.45, 7) is 0. The van der Waals surface area contributed by atoms with Gasteiger partial charge in [-0.15, -0.1) is 0 Å². The van der Waals surface area contributed by atoms with Crippen molar-refractivity contribution in [3.63, 3.8) is 0 Å². The maximum absolute atomic E-state index is 2.52. The molecule has 0 aliphatic carbocycles. The van der Waals surface area contributed by atoms with Crippen molar-refractivity contribution in [1.29, 1.82) is 0 Å². The monoisotopic (exact) mass is 270 g/mol. The molecule has 0 radical (unpaired) electrons. The van der Waals surface area contributed by atoms with E-state index < -0.39 is 8.07 Å². The highest BCUT2D eigenvalue weighted by molar-refractivity contribution is 6.95. The first-order valence-electron chi connectivity index (χ1n) is 8.48. The van der Waals surface area contributed by atoms with Crippen LogP contribution in [-0.2, 0) is 0 Å². The molecule has 0 saturated carbocycles. The average Bonchev–Trinajstić information content (AvgIpc) is 2.49. The molecule has 3 aliphatic rings. The first-order chi connectivity index (χ1) is 9.42. The quantitative estimate of drug-likeness (QED) is 0.630. The van der Waals surface area contributed by atoms with Gasteiger partial charge >= 0.3 is 0 Å². The standard InChI is InChI=1S/C18H26Si/c1-2-7-15(8-3-1)19-16-9-4-10-17(19)12-6-14-18(19)13-5-11-16/h1-3,7-8,16-18H,4-6,9-14H2. The highest BCUT2D eigenvalue weighted by atomic mass is 28.3. The van der Waals surface area contributed by atoms with Crippen LogP contribution in [0, 0.1) is 0 Å². The second-order valence-electron chi connectivity index (χ2n) is 7.18. The van der Waals surface area contributed by atoms with Crippen LogP contribution in [0.1, 0.15) is 57.8 Å². The van der Waals surface area contributed by atoms with Crippen molar-refractivity contribution in [1.82, 2.24) is 0 Å². The molecule has 1 aromatic carbocycles. The van der Waals surface area contributed by atoms with Crippen molar-refractivity contribution in [3.05, 3.63) is 30.3 Å². The Kier molecular flexibility index (Phi) is 3.06. The maximum Gasteiger partial charge on any atom is 0.0958 e. The molecule has 0 nitrogen and oxygen atoms in total. The Labute approximate surface area is 118 Å². The van der Waals surface area contributed by atoms with Gasteiger partial charge in [-0.3, -0.25) is 0 Å². The molecule has 0 spiro atoms. The first kappa shape index (κ1) is 12.2. The molecular weight excluding hydrogens is 244 g/mol. The van der Waals surface area contributed by atoms with Crippen LogP contribution in [0.3, 0.4) is 0 Å². The Morgan fingerprint density at radius 2 is 1.05 bits per heavy atom. The van der Waals surface area contributed by atoms with Gasteiger partial charge in [0.25, 0.3) is 0 Å². The fourth-order valence-electron chi connectivity index (χ4n) is 6.13. The average molecular weight is 270 g/mol. The van der Waals surface area contributed by atoms with Crippen LogP contribution in [0.15, 0.2) is 30.3 Å². The van der Waals surface area contributed by atoms with E-state index in [9.17, 15) is 0 Å². The van der Waals surface area contributed by atoms with Gasteiger partial charge in [-0.25, -0.2) is 0 Å². The SMILES string of the molecule is c1ccc([Si]23C4CCCC2CCCC3CCC4)cc1. The molecule has 0 unspecified atom stereocenters. The Morgan fingerprint density at radius 3 is 1.47 bits per heavy atom. The first-order valence-corrected chi connectivity index (χ1v) is 10.7. The minimum Gasteiger partial charge on any atom is -0.0630 e. The normalized spacial score (nSPS) is 41.6. The predicted molar refractivity (Wildman–Crippen MR) is 84.6 cm³/mol. The molecule has 4 rings (SSSR count). The number of hydrogen-bond acceptors (Lipinski definition) is 0. The molecular formula is C18H26Si. The molecule has 0 N–H and O–H groups in total. The number of benzene rings is 1. The van der Waals surface area contributed by atoms with Crippen molar-refractivity contribution in [2.75, 3.05) is 0 Å². The van der Waals surface area contributed by atoms with E-state index in [-0.39, 0.29) is 0 Å². The van der Waals surface area contributed by atoms with Crippen molar-refractivity contribution in [2.45, 2.75) is 74.4 Å². The maximum atomic E-state index is 2.52. The fourth-order valence-corrected chi connectivity index (χ4v) is 14.4. The summed E-state index contributed by atoms with van der Waals surface area (Å²) in [4.78, 5) is 0. The smallest absolute Gasteiger partial charge is 0.0630 e. The molecule has 3 aliphatic heterocycles. The third kappa shape index (κ3) is 1.70. The van der Waals surface area contributed by atoms with Gasteiger partial charge < -0.3 is 0 Å². The van der Waals surface area contributed by atoms with Gasteiger partial charge in [0.15, 0.2) is 0 Å². The van der Waals surface area contributed by atoms with Gasteiger partial charge in [0.2, 0.25) is 0 Å². The summed E-state index contributed by atoms with van der Waals surface area (Å²) in [5.74, 6) is 0. The minimum atomic E-state index is -1.22. The van der Waals surface area contributed by atoms with Crippen molar-refractivity contribution < 1.29 is 0 Å². The lowest BCUT2D eigenvalue weighted by atomic mass is 9.97. The fraction of sp³-hybridized carbons (Fsp3) is 0.667. The molecule has 0 atom stereocenters. The summed E-state index contributed by atoms with van der Waals surface area (Å²) in [5, 5.41) is 1.84. The van der Waals surface area contributed by atoms with Gasteiger partial charge in [0.1, 0.15) is 0 Å². The molecule has 19 heavy (non-hydrogen) atoms. The number of hydrogen-bond donors (Lipinski definition) is 0. The highest BCUT2D eigenvalue weighted by Gasteiger charge is 2.57. The molecule has 3 fully saturated rings.